The molecule has 2 atom stereocenters. The molecule has 1 N–H and O–H groups in total. The van der Waals surface area contributed by atoms with Gasteiger partial charge in [0.25, 0.3) is 0 Å². The van der Waals surface area contributed by atoms with Crippen LogP contribution in [0.25, 0.3) is 10.9 Å². The van der Waals surface area contributed by atoms with Crippen LogP contribution in [-0.2, 0) is 0 Å². The molecule has 0 aliphatic carbocycles. The summed E-state index contributed by atoms with van der Waals surface area (Å²) >= 11 is 0. The Morgan fingerprint density at radius 1 is 1.20 bits per heavy atom. The average molecular weight is 267 g/mol. The molecule has 0 bridgehead atoms. The first kappa shape index (κ1) is 12.2. The van der Waals surface area contributed by atoms with Crippen LogP contribution >= 0.6 is 0 Å². The molecule has 2 aliphatic heterocycles. The molecule has 1 aromatic heterocycles. The molecular formula is C17H21N3. The van der Waals surface area contributed by atoms with Gasteiger partial charge < -0.3 is 10.2 Å². The van der Waals surface area contributed by atoms with Crippen LogP contribution in [0.5, 0.6) is 0 Å². The zero-order chi connectivity index (χ0) is 13.7. The lowest BCUT2D eigenvalue weighted by molar-refractivity contribution is 0.357. The van der Waals surface area contributed by atoms with E-state index in [1.165, 1.54) is 11.1 Å². The quantitative estimate of drug-likeness (QED) is 0.861. The van der Waals surface area contributed by atoms with Crippen LogP contribution in [0.1, 0.15) is 13.8 Å². The lowest BCUT2D eigenvalue weighted by Crippen LogP contribution is -2.44. The van der Waals surface area contributed by atoms with Gasteiger partial charge in [0, 0.05) is 42.4 Å². The van der Waals surface area contributed by atoms with Crippen molar-refractivity contribution >= 4 is 16.6 Å². The van der Waals surface area contributed by atoms with Gasteiger partial charge in [-0.05, 0) is 37.8 Å². The molecule has 2 unspecified atom stereocenters. The number of para-hydroxylation sites is 1. The minimum atomic E-state index is 0.207. The third-order valence-corrected chi connectivity index (χ3v) is 5.28. The smallest absolute Gasteiger partial charge is 0.0722 e. The van der Waals surface area contributed by atoms with Crippen LogP contribution in [0.4, 0.5) is 5.69 Å². The van der Waals surface area contributed by atoms with E-state index >= 15 is 0 Å². The number of nitrogens with zero attached hydrogens (tertiary/aromatic N) is 2. The first-order valence-electron chi connectivity index (χ1n) is 7.50. The highest BCUT2D eigenvalue weighted by Gasteiger charge is 2.49. The number of aromatic nitrogens is 1. The fourth-order valence-corrected chi connectivity index (χ4v) is 4.15. The Morgan fingerprint density at radius 2 is 2.05 bits per heavy atom. The summed E-state index contributed by atoms with van der Waals surface area (Å²) < 4.78 is 0. The maximum Gasteiger partial charge on any atom is 0.0722 e. The Morgan fingerprint density at radius 3 is 2.90 bits per heavy atom. The number of benzene rings is 1. The average Bonchev–Trinajstić information content (AvgIpc) is 3.01. The van der Waals surface area contributed by atoms with Crippen molar-refractivity contribution in [2.75, 3.05) is 24.5 Å². The highest BCUT2D eigenvalue weighted by molar-refractivity contribution is 5.92. The van der Waals surface area contributed by atoms with Crippen LogP contribution in [0.2, 0.25) is 0 Å². The summed E-state index contributed by atoms with van der Waals surface area (Å²) in [6.45, 7) is 8.24. The van der Waals surface area contributed by atoms with Crippen LogP contribution in [-0.4, -0.2) is 30.2 Å². The van der Waals surface area contributed by atoms with Gasteiger partial charge in [-0.2, -0.15) is 0 Å². The Bertz CT molecular complexity index is 644. The molecule has 3 heteroatoms. The van der Waals surface area contributed by atoms with Crippen molar-refractivity contribution < 1.29 is 0 Å². The van der Waals surface area contributed by atoms with E-state index in [4.69, 9.17) is 0 Å². The summed E-state index contributed by atoms with van der Waals surface area (Å²) in [5.41, 5.74) is 2.64. The highest BCUT2D eigenvalue weighted by atomic mass is 15.3. The van der Waals surface area contributed by atoms with E-state index in [9.17, 15) is 0 Å². The molecule has 0 radical (unpaired) electrons. The van der Waals surface area contributed by atoms with Crippen molar-refractivity contribution in [2.45, 2.75) is 19.4 Å². The Balaban J connectivity index is 1.84. The standard InChI is InChI=1S/C17H21N3/c1-17(2)14-10-18-9-12(14)11-20(17)16-7-8-19-15-6-4-3-5-13(15)16/h3-8,12,14,18H,9-11H2,1-2H3. The summed E-state index contributed by atoms with van der Waals surface area (Å²) in [5.74, 6) is 1.52. The molecule has 3 heterocycles. The number of hydrogen-bond donors (Lipinski definition) is 1. The van der Waals surface area contributed by atoms with Crippen molar-refractivity contribution in [1.82, 2.24) is 10.3 Å². The van der Waals surface area contributed by atoms with Gasteiger partial charge in [0.1, 0.15) is 0 Å². The molecule has 4 rings (SSSR count). The molecule has 20 heavy (non-hydrogen) atoms. The van der Waals surface area contributed by atoms with Crippen molar-refractivity contribution in [3.8, 4) is 0 Å². The summed E-state index contributed by atoms with van der Waals surface area (Å²) in [5, 5.41) is 4.82. The maximum atomic E-state index is 4.49. The second-order valence-corrected chi connectivity index (χ2v) is 6.64. The second kappa shape index (κ2) is 4.19. The molecule has 0 saturated carbocycles. The van der Waals surface area contributed by atoms with Crippen molar-refractivity contribution in [3.05, 3.63) is 36.5 Å². The first-order chi connectivity index (χ1) is 9.68. The monoisotopic (exact) mass is 267 g/mol. The SMILES string of the molecule is CC1(C)C2CNCC2CN1c1ccnc2ccccc12. The van der Waals surface area contributed by atoms with Gasteiger partial charge in [-0.25, -0.2) is 0 Å². The Hall–Kier alpha value is -1.61. The topological polar surface area (TPSA) is 28.2 Å². The highest BCUT2D eigenvalue weighted by Crippen LogP contribution is 2.44. The molecule has 0 spiro atoms. The fraction of sp³-hybridized carbons (Fsp3) is 0.471. The van der Waals surface area contributed by atoms with E-state index in [-0.39, 0.29) is 5.54 Å². The lowest BCUT2D eigenvalue weighted by Gasteiger charge is -2.38. The number of anilines is 1. The van der Waals surface area contributed by atoms with Gasteiger partial charge >= 0.3 is 0 Å². The van der Waals surface area contributed by atoms with Gasteiger partial charge in [-0.1, -0.05) is 18.2 Å². The molecule has 2 fully saturated rings. The molecular weight excluding hydrogens is 246 g/mol. The van der Waals surface area contributed by atoms with Crippen LogP contribution in [0.15, 0.2) is 36.5 Å². The van der Waals surface area contributed by atoms with Crippen molar-refractivity contribution in [2.24, 2.45) is 11.8 Å². The lowest BCUT2D eigenvalue weighted by atomic mass is 9.84. The second-order valence-electron chi connectivity index (χ2n) is 6.64. The van der Waals surface area contributed by atoms with Gasteiger partial charge in [-0.3, -0.25) is 4.98 Å². The number of nitrogens with one attached hydrogen (secondary N) is 1. The summed E-state index contributed by atoms with van der Waals surface area (Å²) in [4.78, 5) is 7.10. The van der Waals surface area contributed by atoms with E-state index in [0.717, 1.165) is 37.0 Å². The molecule has 2 aromatic rings. The predicted molar refractivity (Wildman–Crippen MR) is 83.0 cm³/mol. The normalized spacial score (nSPS) is 28.0. The van der Waals surface area contributed by atoms with Crippen molar-refractivity contribution in [1.29, 1.82) is 0 Å². The molecule has 1 aromatic carbocycles. The van der Waals surface area contributed by atoms with Gasteiger partial charge in [0.15, 0.2) is 0 Å². The molecule has 2 aliphatic rings. The molecule has 104 valence electrons. The number of fused-ring (bicyclic) bond motifs is 2. The summed E-state index contributed by atoms with van der Waals surface area (Å²) in [7, 11) is 0. The predicted octanol–water partition coefficient (Wildman–Crippen LogP) is 2.67. The molecule has 2 saturated heterocycles. The summed E-state index contributed by atoms with van der Waals surface area (Å²) in [6.07, 6.45) is 1.94. The minimum absolute atomic E-state index is 0.207. The minimum Gasteiger partial charge on any atom is -0.365 e. The number of pyridine rings is 1. The zero-order valence-electron chi connectivity index (χ0n) is 12.1. The third-order valence-electron chi connectivity index (χ3n) is 5.28. The number of hydrogen-bond acceptors (Lipinski definition) is 3. The molecule has 0 amide bonds. The largest absolute Gasteiger partial charge is 0.365 e. The van der Waals surface area contributed by atoms with E-state index in [1.807, 2.05) is 6.20 Å². The van der Waals surface area contributed by atoms with Gasteiger partial charge in [0.2, 0.25) is 0 Å². The van der Waals surface area contributed by atoms with E-state index in [2.05, 4.69) is 59.4 Å². The molecule has 3 nitrogen and oxygen atoms in total. The number of rotatable bonds is 1. The van der Waals surface area contributed by atoms with Gasteiger partial charge in [-0.15, -0.1) is 0 Å². The van der Waals surface area contributed by atoms with Crippen LogP contribution in [0, 0.1) is 11.8 Å². The van der Waals surface area contributed by atoms with Gasteiger partial charge in [0.05, 0.1) is 5.52 Å². The fourth-order valence-electron chi connectivity index (χ4n) is 4.15. The zero-order valence-corrected chi connectivity index (χ0v) is 12.1. The third kappa shape index (κ3) is 1.59. The first-order valence-corrected chi connectivity index (χ1v) is 7.50. The van der Waals surface area contributed by atoms with Crippen LogP contribution < -0.4 is 10.2 Å². The van der Waals surface area contributed by atoms with E-state index in [0.29, 0.717) is 0 Å². The van der Waals surface area contributed by atoms with Crippen LogP contribution in [0.3, 0.4) is 0 Å². The Labute approximate surface area is 120 Å². The van der Waals surface area contributed by atoms with E-state index < -0.39 is 0 Å². The maximum absolute atomic E-state index is 4.49. The van der Waals surface area contributed by atoms with Crippen molar-refractivity contribution in [3.63, 3.8) is 0 Å². The summed E-state index contributed by atoms with van der Waals surface area (Å²) in [6, 6.07) is 10.6. The Kier molecular flexibility index (Phi) is 2.55. The van der Waals surface area contributed by atoms with E-state index in [1.54, 1.807) is 0 Å².